The second-order valence-electron chi connectivity index (χ2n) is 27.5. The van der Waals surface area contributed by atoms with Crippen molar-refractivity contribution in [3.8, 4) is 0 Å². The molecule has 19 heteroatoms. The number of ether oxygens (including phenoxy) is 4. The number of esters is 4. The highest BCUT2D eigenvalue weighted by molar-refractivity contribution is 7.47. The summed E-state index contributed by atoms with van der Waals surface area (Å²) in [6.45, 7) is 7.21. The number of aliphatic hydroxyl groups is 1. The molecular weight excluding hydrogens is 1230 g/mol. The van der Waals surface area contributed by atoms with Gasteiger partial charge in [-0.3, -0.25) is 37.3 Å². The summed E-state index contributed by atoms with van der Waals surface area (Å²) in [5.74, 6) is -1.44. The van der Waals surface area contributed by atoms with Gasteiger partial charge in [0.05, 0.1) is 26.4 Å². The fourth-order valence-electron chi connectivity index (χ4n) is 11.5. The topological polar surface area (TPSA) is 237 Å². The van der Waals surface area contributed by atoms with E-state index in [0.29, 0.717) is 31.6 Å². The number of rotatable bonds is 75. The summed E-state index contributed by atoms with van der Waals surface area (Å²) < 4.78 is 68.5. The fraction of sp³-hybridized carbons (Fsp3) is 0.947. The summed E-state index contributed by atoms with van der Waals surface area (Å²) in [6.07, 6.45) is 57.0. The van der Waals surface area contributed by atoms with E-state index >= 15 is 0 Å². The van der Waals surface area contributed by atoms with Gasteiger partial charge >= 0.3 is 39.5 Å². The zero-order chi connectivity index (χ0) is 69.1. The third-order valence-electron chi connectivity index (χ3n) is 17.5. The van der Waals surface area contributed by atoms with E-state index in [4.69, 9.17) is 37.0 Å². The quantitative estimate of drug-likeness (QED) is 0.0222. The zero-order valence-corrected chi connectivity index (χ0v) is 62.9. The van der Waals surface area contributed by atoms with Crippen molar-refractivity contribution in [1.29, 1.82) is 0 Å². The smallest absolute Gasteiger partial charge is 0.462 e. The van der Waals surface area contributed by atoms with Crippen LogP contribution in [0.15, 0.2) is 0 Å². The maximum absolute atomic E-state index is 13.1. The molecule has 94 heavy (non-hydrogen) atoms. The van der Waals surface area contributed by atoms with Gasteiger partial charge in [-0.1, -0.05) is 343 Å². The second-order valence-corrected chi connectivity index (χ2v) is 30.4. The summed E-state index contributed by atoms with van der Waals surface area (Å²) in [5, 5.41) is 10.6. The third-order valence-corrected chi connectivity index (χ3v) is 19.4. The molecule has 0 saturated carbocycles. The largest absolute Gasteiger partial charge is 0.472 e. The second kappa shape index (κ2) is 68.2. The van der Waals surface area contributed by atoms with Crippen LogP contribution >= 0.6 is 15.6 Å². The van der Waals surface area contributed by atoms with Gasteiger partial charge in [-0.2, -0.15) is 0 Å². The average Bonchev–Trinajstić information content (AvgIpc) is 1.36. The molecule has 0 bridgehead atoms. The highest BCUT2D eigenvalue weighted by Gasteiger charge is 2.30. The normalized spacial score (nSPS) is 14.0. The Morgan fingerprint density at radius 2 is 0.489 bits per heavy atom. The molecule has 0 heterocycles. The number of carbonyl (C=O) groups is 4. The molecule has 0 aliphatic heterocycles. The summed E-state index contributed by atoms with van der Waals surface area (Å²) in [4.78, 5) is 72.7. The summed E-state index contributed by atoms with van der Waals surface area (Å²) in [7, 11) is -9.91. The number of phosphoric acid groups is 2. The van der Waals surface area contributed by atoms with E-state index in [1.54, 1.807) is 0 Å². The third kappa shape index (κ3) is 68.6. The Bertz CT molecular complexity index is 1810. The first-order valence-corrected chi connectivity index (χ1v) is 42.1. The molecule has 3 N–H and O–H groups in total. The molecular formula is C75H146O17P2. The van der Waals surface area contributed by atoms with Gasteiger partial charge in [0.1, 0.15) is 19.3 Å². The molecule has 0 fully saturated rings. The molecule has 0 aliphatic rings. The van der Waals surface area contributed by atoms with Crippen molar-refractivity contribution < 1.29 is 80.2 Å². The van der Waals surface area contributed by atoms with Crippen LogP contribution in [0.2, 0.25) is 0 Å². The fourth-order valence-corrected chi connectivity index (χ4v) is 13.1. The molecule has 0 aromatic rings. The van der Waals surface area contributed by atoms with E-state index in [1.165, 1.54) is 212 Å². The molecule has 17 nitrogen and oxygen atoms in total. The lowest BCUT2D eigenvalue weighted by atomic mass is 10.0. The van der Waals surface area contributed by atoms with Crippen LogP contribution < -0.4 is 0 Å². The standard InChI is InChI=1S/C75H146O17P2/c1-6-9-12-15-18-21-24-27-29-31-33-35-38-41-44-51-56-61-75(80)91-70(64-85-72(77)58-53-48-42-39-37-34-32-30-28-25-22-19-16-13-10-7-2)66-89-93(81,82)87-62-69(76)63-88-94(83,84)90-67-71(65-86-73(78)59-54-49-46-45-47-52-57-68(4)5)92-74(79)60-55-50-43-40-36-26-23-20-17-14-11-8-3/h68-71,76H,6-67H2,1-5H3,(H,81,82)(H,83,84)/t69-,70-,71-/m1/s1. The van der Waals surface area contributed by atoms with Gasteiger partial charge < -0.3 is 33.8 Å². The van der Waals surface area contributed by atoms with Crippen molar-refractivity contribution in [2.24, 2.45) is 5.92 Å². The predicted molar refractivity (Wildman–Crippen MR) is 382 cm³/mol. The lowest BCUT2D eigenvalue weighted by molar-refractivity contribution is -0.161. The van der Waals surface area contributed by atoms with Gasteiger partial charge in [0, 0.05) is 25.7 Å². The number of unbranched alkanes of at least 4 members (excludes halogenated alkanes) is 47. The van der Waals surface area contributed by atoms with Crippen molar-refractivity contribution in [3.63, 3.8) is 0 Å². The van der Waals surface area contributed by atoms with E-state index in [1.807, 2.05) is 0 Å². The Balaban J connectivity index is 5.23. The zero-order valence-electron chi connectivity index (χ0n) is 61.1. The van der Waals surface area contributed by atoms with Crippen LogP contribution in [0, 0.1) is 5.92 Å². The minimum Gasteiger partial charge on any atom is -0.462 e. The van der Waals surface area contributed by atoms with Gasteiger partial charge in [0.25, 0.3) is 0 Å². The number of aliphatic hydroxyl groups excluding tert-OH is 1. The van der Waals surface area contributed by atoms with Gasteiger partial charge in [0.2, 0.25) is 0 Å². The molecule has 0 aromatic heterocycles. The number of hydrogen-bond acceptors (Lipinski definition) is 15. The lowest BCUT2D eigenvalue weighted by Gasteiger charge is -2.21. The van der Waals surface area contributed by atoms with E-state index in [0.717, 1.165) is 96.3 Å². The van der Waals surface area contributed by atoms with Crippen LogP contribution in [0.1, 0.15) is 394 Å². The molecule has 0 aromatic carbocycles. The minimum atomic E-state index is -4.96. The molecule has 558 valence electrons. The molecule has 0 radical (unpaired) electrons. The van der Waals surface area contributed by atoms with E-state index in [9.17, 15) is 43.2 Å². The van der Waals surface area contributed by atoms with Gasteiger partial charge in [-0.05, 0) is 31.6 Å². The van der Waals surface area contributed by atoms with Crippen LogP contribution in [-0.2, 0) is 65.4 Å². The molecule has 0 aliphatic carbocycles. The Morgan fingerprint density at radius 3 is 0.723 bits per heavy atom. The molecule has 0 rings (SSSR count). The van der Waals surface area contributed by atoms with Crippen LogP contribution in [0.25, 0.3) is 0 Å². The first-order chi connectivity index (χ1) is 45.5. The van der Waals surface area contributed by atoms with Crippen LogP contribution in [0.3, 0.4) is 0 Å². The Morgan fingerprint density at radius 1 is 0.287 bits per heavy atom. The van der Waals surface area contributed by atoms with Gasteiger partial charge in [-0.25, -0.2) is 9.13 Å². The van der Waals surface area contributed by atoms with E-state index < -0.39 is 97.5 Å². The van der Waals surface area contributed by atoms with Gasteiger partial charge in [-0.15, -0.1) is 0 Å². The highest BCUT2D eigenvalue weighted by atomic mass is 31.2. The SMILES string of the molecule is CCCCCCCCCCCCCCCCCCCC(=O)O[C@H](COC(=O)CCCCCCCCCCCCCCCCCC)COP(=O)(O)OC[C@@H](O)COP(=O)(O)OC[C@@H](COC(=O)CCCCCCCCC(C)C)OC(=O)CCCCCCCCCCCCCC. The highest BCUT2D eigenvalue weighted by Crippen LogP contribution is 2.45. The van der Waals surface area contributed by atoms with E-state index in [-0.39, 0.29) is 25.7 Å². The number of hydrogen-bond donors (Lipinski definition) is 3. The molecule has 5 atom stereocenters. The van der Waals surface area contributed by atoms with Crippen molar-refractivity contribution in [1.82, 2.24) is 0 Å². The Hall–Kier alpha value is -1.94. The van der Waals surface area contributed by atoms with Crippen LogP contribution in [0.5, 0.6) is 0 Å². The maximum atomic E-state index is 13.1. The number of carbonyl (C=O) groups excluding carboxylic acids is 4. The van der Waals surface area contributed by atoms with Crippen molar-refractivity contribution in [3.05, 3.63) is 0 Å². The maximum Gasteiger partial charge on any atom is 0.472 e. The summed E-state index contributed by atoms with van der Waals surface area (Å²) in [6, 6.07) is 0. The molecule has 0 spiro atoms. The first-order valence-electron chi connectivity index (χ1n) is 39.1. The summed E-state index contributed by atoms with van der Waals surface area (Å²) >= 11 is 0. The first kappa shape index (κ1) is 92.1. The molecule has 0 saturated heterocycles. The van der Waals surface area contributed by atoms with Crippen LogP contribution in [-0.4, -0.2) is 96.7 Å². The van der Waals surface area contributed by atoms with Crippen molar-refractivity contribution >= 4 is 39.5 Å². The average molecular weight is 1380 g/mol. The monoisotopic (exact) mass is 1380 g/mol. The molecule has 2 unspecified atom stereocenters. The molecule has 0 amide bonds. The predicted octanol–water partition coefficient (Wildman–Crippen LogP) is 22.1. The lowest BCUT2D eigenvalue weighted by Crippen LogP contribution is -2.30. The Kier molecular flexibility index (Phi) is 66.8. The summed E-state index contributed by atoms with van der Waals surface area (Å²) in [5.41, 5.74) is 0. The minimum absolute atomic E-state index is 0.107. The Labute approximate surface area is 575 Å². The van der Waals surface area contributed by atoms with Crippen LogP contribution in [0.4, 0.5) is 0 Å². The number of phosphoric ester groups is 2. The van der Waals surface area contributed by atoms with Crippen molar-refractivity contribution in [2.75, 3.05) is 39.6 Å². The van der Waals surface area contributed by atoms with Crippen molar-refractivity contribution in [2.45, 2.75) is 412 Å². The van der Waals surface area contributed by atoms with E-state index in [2.05, 4.69) is 34.6 Å². The van der Waals surface area contributed by atoms with Gasteiger partial charge in [0.15, 0.2) is 12.2 Å².